The molecule has 0 radical (unpaired) electrons. The summed E-state index contributed by atoms with van der Waals surface area (Å²) in [4.78, 5) is 19.2. The Morgan fingerprint density at radius 1 is 1.22 bits per heavy atom. The third-order valence-corrected chi connectivity index (χ3v) is 5.26. The number of nitrogens with zero attached hydrogens (tertiary/aromatic N) is 3. The largest absolute Gasteiger partial charge is 0.311 e. The first-order valence-electron chi connectivity index (χ1n) is 7.72. The minimum absolute atomic E-state index is 0.146. The molecule has 2 aromatic heterocycles. The standard InChI is InChI=1S/C18H17N3OS/c1-13(23-18-19-12-15-7-4-5-10-20(15)18)17(22)21-11-9-14-6-2-3-8-16(14)21/h2-8,10,12-13H,9,11H2,1H3. The maximum atomic E-state index is 12.8. The van der Waals surface area contributed by atoms with Crippen molar-refractivity contribution in [3.05, 3.63) is 60.4 Å². The van der Waals surface area contributed by atoms with Gasteiger partial charge in [0.15, 0.2) is 5.16 Å². The third-order valence-electron chi connectivity index (χ3n) is 4.19. The number of benzene rings is 1. The molecular weight excluding hydrogens is 306 g/mol. The van der Waals surface area contributed by atoms with Crippen LogP contribution in [0.3, 0.4) is 0 Å². The van der Waals surface area contributed by atoms with Crippen LogP contribution in [0.4, 0.5) is 5.69 Å². The highest BCUT2D eigenvalue weighted by atomic mass is 32.2. The maximum Gasteiger partial charge on any atom is 0.240 e. The average molecular weight is 323 g/mol. The van der Waals surface area contributed by atoms with Crippen LogP contribution in [0.2, 0.25) is 0 Å². The second-order valence-electron chi connectivity index (χ2n) is 5.66. The van der Waals surface area contributed by atoms with Crippen molar-refractivity contribution >= 4 is 28.9 Å². The molecule has 5 heteroatoms. The summed E-state index contributed by atoms with van der Waals surface area (Å²) in [6.45, 7) is 2.73. The van der Waals surface area contributed by atoms with Crippen LogP contribution in [0.25, 0.3) is 5.52 Å². The molecule has 1 atom stereocenters. The number of aromatic nitrogens is 2. The van der Waals surface area contributed by atoms with Crippen LogP contribution >= 0.6 is 11.8 Å². The van der Waals surface area contributed by atoms with Crippen LogP contribution in [0.15, 0.2) is 60.0 Å². The van der Waals surface area contributed by atoms with Crippen LogP contribution in [-0.2, 0) is 11.2 Å². The first-order valence-corrected chi connectivity index (χ1v) is 8.60. The molecule has 4 nitrogen and oxygen atoms in total. The van der Waals surface area contributed by atoms with Crippen molar-refractivity contribution in [2.24, 2.45) is 0 Å². The lowest BCUT2D eigenvalue weighted by molar-refractivity contribution is -0.117. The van der Waals surface area contributed by atoms with Crippen molar-refractivity contribution in [1.82, 2.24) is 9.38 Å². The van der Waals surface area contributed by atoms with Gasteiger partial charge in [-0.3, -0.25) is 9.20 Å². The summed E-state index contributed by atoms with van der Waals surface area (Å²) < 4.78 is 2.02. The number of rotatable bonds is 3. The molecule has 0 saturated heterocycles. The fraction of sp³-hybridized carbons (Fsp3) is 0.222. The van der Waals surface area contributed by atoms with Gasteiger partial charge in [-0.25, -0.2) is 4.98 Å². The lowest BCUT2D eigenvalue weighted by Crippen LogP contribution is -2.35. The SMILES string of the molecule is CC(Sc1ncc2ccccn12)C(=O)N1CCc2ccccc21. The van der Waals surface area contributed by atoms with Crippen LogP contribution in [0.1, 0.15) is 12.5 Å². The normalized spacial score (nSPS) is 14.9. The zero-order chi connectivity index (χ0) is 15.8. The molecule has 1 aromatic carbocycles. The number of amides is 1. The smallest absolute Gasteiger partial charge is 0.240 e. The van der Waals surface area contributed by atoms with E-state index in [4.69, 9.17) is 0 Å². The van der Waals surface area contributed by atoms with E-state index < -0.39 is 0 Å². The maximum absolute atomic E-state index is 12.8. The van der Waals surface area contributed by atoms with E-state index in [2.05, 4.69) is 11.1 Å². The highest BCUT2D eigenvalue weighted by Gasteiger charge is 2.28. The minimum atomic E-state index is -0.174. The van der Waals surface area contributed by atoms with Gasteiger partial charge in [0.05, 0.1) is 17.0 Å². The molecule has 1 amide bonds. The molecule has 0 aliphatic carbocycles. The summed E-state index contributed by atoms with van der Waals surface area (Å²) in [6, 6.07) is 14.1. The van der Waals surface area contributed by atoms with Gasteiger partial charge in [-0.05, 0) is 37.1 Å². The predicted molar refractivity (Wildman–Crippen MR) is 93.0 cm³/mol. The van der Waals surface area contributed by atoms with Gasteiger partial charge in [0.2, 0.25) is 5.91 Å². The number of hydrogen-bond acceptors (Lipinski definition) is 3. The zero-order valence-corrected chi connectivity index (χ0v) is 13.7. The van der Waals surface area contributed by atoms with Gasteiger partial charge in [0, 0.05) is 18.4 Å². The molecule has 1 aliphatic rings. The Hall–Kier alpha value is -2.27. The molecule has 3 heterocycles. The van der Waals surface area contributed by atoms with E-state index in [0.29, 0.717) is 0 Å². The molecule has 0 fully saturated rings. The van der Waals surface area contributed by atoms with E-state index in [-0.39, 0.29) is 11.2 Å². The van der Waals surface area contributed by atoms with Crippen molar-refractivity contribution < 1.29 is 4.79 Å². The van der Waals surface area contributed by atoms with Crippen LogP contribution in [0.5, 0.6) is 0 Å². The molecule has 116 valence electrons. The van der Waals surface area contributed by atoms with E-state index in [0.717, 1.165) is 29.3 Å². The Balaban J connectivity index is 1.56. The minimum Gasteiger partial charge on any atom is -0.311 e. The molecule has 23 heavy (non-hydrogen) atoms. The molecule has 3 aromatic rings. The molecule has 1 unspecified atom stereocenters. The summed E-state index contributed by atoms with van der Waals surface area (Å²) in [5.74, 6) is 0.146. The Labute approximate surface area is 139 Å². The second kappa shape index (κ2) is 5.74. The van der Waals surface area contributed by atoms with Gasteiger partial charge in [0.1, 0.15) is 0 Å². The highest BCUT2D eigenvalue weighted by molar-refractivity contribution is 8.00. The fourth-order valence-electron chi connectivity index (χ4n) is 3.00. The second-order valence-corrected chi connectivity index (χ2v) is 6.97. The van der Waals surface area contributed by atoms with Gasteiger partial charge in [0.25, 0.3) is 0 Å². The molecule has 0 spiro atoms. The van der Waals surface area contributed by atoms with Gasteiger partial charge in [-0.1, -0.05) is 36.0 Å². The Morgan fingerprint density at radius 2 is 2.04 bits per heavy atom. The summed E-state index contributed by atoms with van der Waals surface area (Å²) >= 11 is 1.51. The summed E-state index contributed by atoms with van der Waals surface area (Å²) in [6.07, 6.45) is 4.75. The summed E-state index contributed by atoms with van der Waals surface area (Å²) in [5.41, 5.74) is 3.35. The average Bonchev–Trinajstić information content (AvgIpc) is 3.19. The van der Waals surface area contributed by atoms with Gasteiger partial charge >= 0.3 is 0 Å². The van der Waals surface area contributed by atoms with E-state index in [9.17, 15) is 4.79 Å². The van der Waals surface area contributed by atoms with Crippen molar-refractivity contribution in [1.29, 1.82) is 0 Å². The fourth-order valence-corrected chi connectivity index (χ4v) is 3.94. The van der Waals surface area contributed by atoms with Crippen molar-refractivity contribution in [2.45, 2.75) is 23.8 Å². The summed E-state index contributed by atoms with van der Waals surface area (Å²) in [7, 11) is 0. The highest BCUT2D eigenvalue weighted by Crippen LogP contribution is 2.31. The summed E-state index contributed by atoms with van der Waals surface area (Å²) in [5, 5.41) is 0.681. The van der Waals surface area contributed by atoms with E-state index in [1.54, 1.807) is 0 Å². The number of thioether (sulfide) groups is 1. The third kappa shape index (κ3) is 2.51. The Kier molecular flexibility index (Phi) is 3.58. The lowest BCUT2D eigenvalue weighted by atomic mass is 10.2. The first-order chi connectivity index (χ1) is 11.2. The van der Waals surface area contributed by atoms with E-state index >= 15 is 0 Å². The Bertz CT molecular complexity index is 873. The number of imidazole rings is 1. The quantitative estimate of drug-likeness (QED) is 0.693. The topological polar surface area (TPSA) is 37.6 Å². The van der Waals surface area contributed by atoms with Crippen LogP contribution in [0, 0.1) is 0 Å². The number of para-hydroxylation sites is 1. The van der Waals surface area contributed by atoms with Crippen molar-refractivity contribution in [3.63, 3.8) is 0 Å². The van der Waals surface area contributed by atoms with Gasteiger partial charge in [-0.2, -0.15) is 0 Å². The number of fused-ring (bicyclic) bond motifs is 2. The number of pyridine rings is 1. The predicted octanol–water partition coefficient (Wildman–Crippen LogP) is 3.40. The van der Waals surface area contributed by atoms with Crippen molar-refractivity contribution in [3.8, 4) is 0 Å². The van der Waals surface area contributed by atoms with E-state index in [1.807, 2.05) is 65.0 Å². The number of anilines is 1. The molecule has 0 bridgehead atoms. The van der Waals surface area contributed by atoms with Crippen LogP contribution in [-0.4, -0.2) is 27.1 Å². The first kappa shape index (κ1) is 14.3. The molecular formula is C18H17N3OS. The molecule has 0 saturated carbocycles. The number of carbonyl (C=O) groups is 1. The lowest BCUT2D eigenvalue weighted by Gasteiger charge is -2.21. The molecule has 1 aliphatic heterocycles. The molecule has 4 rings (SSSR count). The molecule has 0 N–H and O–H groups in total. The van der Waals surface area contributed by atoms with Crippen molar-refractivity contribution in [2.75, 3.05) is 11.4 Å². The number of carbonyl (C=O) groups excluding carboxylic acids is 1. The van der Waals surface area contributed by atoms with Gasteiger partial charge < -0.3 is 4.90 Å². The Morgan fingerprint density at radius 3 is 2.96 bits per heavy atom. The van der Waals surface area contributed by atoms with E-state index in [1.165, 1.54) is 17.3 Å². The van der Waals surface area contributed by atoms with Crippen LogP contribution < -0.4 is 4.90 Å². The zero-order valence-electron chi connectivity index (χ0n) is 12.8. The number of hydrogen-bond donors (Lipinski definition) is 0. The monoisotopic (exact) mass is 323 g/mol. The van der Waals surface area contributed by atoms with Gasteiger partial charge in [-0.15, -0.1) is 0 Å².